The average Bonchev–Trinajstić information content (AvgIpc) is 2.86. The van der Waals surface area contributed by atoms with Gasteiger partial charge in [-0.05, 0) is 25.1 Å². The minimum absolute atomic E-state index is 0.255. The van der Waals surface area contributed by atoms with Crippen LogP contribution < -0.4 is 10.1 Å². The molecule has 0 spiro atoms. The van der Waals surface area contributed by atoms with Gasteiger partial charge in [0.2, 0.25) is 0 Å². The van der Waals surface area contributed by atoms with Crippen molar-refractivity contribution in [2.75, 3.05) is 12.4 Å². The molecular formula is C17H14ClNO3. The number of rotatable bonds is 3. The van der Waals surface area contributed by atoms with Crippen LogP contribution in [0.1, 0.15) is 16.1 Å². The summed E-state index contributed by atoms with van der Waals surface area (Å²) in [5.41, 5.74) is 1.92. The molecule has 0 aliphatic rings. The molecule has 0 bridgehead atoms. The second-order valence-electron chi connectivity index (χ2n) is 4.86. The van der Waals surface area contributed by atoms with Gasteiger partial charge in [0.1, 0.15) is 5.75 Å². The summed E-state index contributed by atoms with van der Waals surface area (Å²) >= 11 is 6.10. The summed E-state index contributed by atoms with van der Waals surface area (Å²) in [5.74, 6) is 0.603. The van der Waals surface area contributed by atoms with Crippen LogP contribution in [0, 0.1) is 6.92 Å². The molecule has 0 aliphatic carbocycles. The Kier molecular flexibility index (Phi) is 3.77. The number of furan rings is 1. The van der Waals surface area contributed by atoms with Crippen LogP contribution in [0.4, 0.5) is 5.69 Å². The first kappa shape index (κ1) is 14.5. The smallest absolute Gasteiger partial charge is 0.291 e. The summed E-state index contributed by atoms with van der Waals surface area (Å²) in [7, 11) is 1.58. The summed E-state index contributed by atoms with van der Waals surface area (Å²) in [6.07, 6.45) is 0. The van der Waals surface area contributed by atoms with E-state index in [2.05, 4.69) is 5.32 Å². The molecule has 0 radical (unpaired) electrons. The molecule has 1 heterocycles. The van der Waals surface area contributed by atoms with Gasteiger partial charge in [0.05, 0.1) is 12.1 Å². The molecular weight excluding hydrogens is 302 g/mol. The van der Waals surface area contributed by atoms with E-state index in [0.29, 0.717) is 22.0 Å². The number of halogens is 1. The predicted molar refractivity (Wildman–Crippen MR) is 86.9 cm³/mol. The quantitative estimate of drug-likeness (QED) is 0.765. The number of hydrogen-bond donors (Lipinski definition) is 1. The first-order valence-electron chi connectivity index (χ1n) is 6.73. The van der Waals surface area contributed by atoms with Gasteiger partial charge in [0.15, 0.2) is 11.3 Å². The monoisotopic (exact) mass is 315 g/mol. The molecule has 22 heavy (non-hydrogen) atoms. The maximum absolute atomic E-state index is 12.4. The van der Waals surface area contributed by atoms with Gasteiger partial charge in [-0.25, -0.2) is 0 Å². The minimum atomic E-state index is -0.321. The summed E-state index contributed by atoms with van der Waals surface area (Å²) in [6, 6.07) is 12.6. The Labute approximate surface area is 132 Å². The number of fused-ring (bicyclic) bond motifs is 1. The van der Waals surface area contributed by atoms with E-state index in [9.17, 15) is 4.79 Å². The van der Waals surface area contributed by atoms with Crippen LogP contribution in [0.2, 0.25) is 5.02 Å². The second kappa shape index (κ2) is 5.73. The van der Waals surface area contributed by atoms with Crippen molar-refractivity contribution >= 4 is 34.2 Å². The van der Waals surface area contributed by atoms with E-state index >= 15 is 0 Å². The Morgan fingerprint density at radius 3 is 2.73 bits per heavy atom. The number of methoxy groups -OCH3 is 1. The topological polar surface area (TPSA) is 51.5 Å². The lowest BCUT2D eigenvalue weighted by Gasteiger charge is -2.05. The SMILES string of the molecule is COc1cccc(NC(=O)c2oc3c(Cl)cccc3c2C)c1. The molecule has 2 aromatic carbocycles. The van der Waals surface area contributed by atoms with Crippen LogP contribution in [-0.2, 0) is 0 Å². The van der Waals surface area contributed by atoms with Gasteiger partial charge in [-0.15, -0.1) is 0 Å². The van der Waals surface area contributed by atoms with Gasteiger partial charge in [-0.3, -0.25) is 4.79 Å². The highest BCUT2D eigenvalue weighted by Crippen LogP contribution is 2.31. The molecule has 1 aromatic heterocycles. The van der Waals surface area contributed by atoms with Gasteiger partial charge < -0.3 is 14.5 Å². The van der Waals surface area contributed by atoms with Crippen molar-refractivity contribution in [1.29, 1.82) is 0 Å². The van der Waals surface area contributed by atoms with Crippen molar-refractivity contribution in [1.82, 2.24) is 0 Å². The number of carbonyl (C=O) groups is 1. The van der Waals surface area contributed by atoms with E-state index in [-0.39, 0.29) is 11.7 Å². The molecule has 1 N–H and O–H groups in total. The van der Waals surface area contributed by atoms with Crippen LogP contribution in [0.15, 0.2) is 46.9 Å². The van der Waals surface area contributed by atoms with Crippen molar-refractivity contribution < 1.29 is 13.9 Å². The Morgan fingerprint density at radius 2 is 2.00 bits per heavy atom. The van der Waals surface area contributed by atoms with Crippen LogP contribution in [0.25, 0.3) is 11.0 Å². The summed E-state index contributed by atoms with van der Waals surface area (Å²) in [6.45, 7) is 1.84. The van der Waals surface area contributed by atoms with E-state index < -0.39 is 0 Å². The molecule has 0 atom stereocenters. The van der Waals surface area contributed by atoms with Crippen molar-refractivity contribution in [2.45, 2.75) is 6.92 Å². The summed E-state index contributed by atoms with van der Waals surface area (Å²) in [5, 5.41) is 4.12. The third-order valence-corrected chi connectivity index (χ3v) is 3.75. The third-order valence-electron chi connectivity index (χ3n) is 3.45. The number of anilines is 1. The molecule has 0 fully saturated rings. The molecule has 4 nitrogen and oxygen atoms in total. The third kappa shape index (κ3) is 2.53. The normalized spacial score (nSPS) is 10.7. The van der Waals surface area contributed by atoms with Crippen molar-refractivity contribution in [3.8, 4) is 5.75 Å². The van der Waals surface area contributed by atoms with E-state index in [4.69, 9.17) is 20.8 Å². The average molecular weight is 316 g/mol. The Hall–Kier alpha value is -2.46. The van der Waals surface area contributed by atoms with Gasteiger partial charge in [0, 0.05) is 22.7 Å². The zero-order valence-corrected chi connectivity index (χ0v) is 12.9. The Bertz CT molecular complexity index is 854. The molecule has 0 aliphatic heterocycles. The zero-order valence-electron chi connectivity index (χ0n) is 12.1. The lowest BCUT2D eigenvalue weighted by molar-refractivity contribution is 0.0998. The number of benzene rings is 2. The lowest BCUT2D eigenvalue weighted by Crippen LogP contribution is -2.12. The molecule has 3 rings (SSSR count). The number of aryl methyl sites for hydroxylation is 1. The fourth-order valence-corrected chi connectivity index (χ4v) is 2.53. The highest BCUT2D eigenvalue weighted by molar-refractivity contribution is 6.35. The van der Waals surface area contributed by atoms with E-state index in [0.717, 1.165) is 10.9 Å². The zero-order chi connectivity index (χ0) is 15.7. The minimum Gasteiger partial charge on any atom is -0.497 e. The molecule has 0 unspecified atom stereocenters. The maximum Gasteiger partial charge on any atom is 0.291 e. The predicted octanol–water partition coefficient (Wildman–Crippen LogP) is 4.66. The van der Waals surface area contributed by atoms with Gasteiger partial charge in [-0.2, -0.15) is 0 Å². The Morgan fingerprint density at radius 1 is 1.23 bits per heavy atom. The fraction of sp³-hybridized carbons (Fsp3) is 0.118. The standard InChI is InChI=1S/C17H14ClNO3/c1-10-13-7-4-8-14(18)16(13)22-15(10)17(20)19-11-5-3-6-12(9-11)21-2/h3-9H,1-2H3,(H,19,20). The van der Waals surface area contributed by atoms with Crippen LogP contribution in [0.5, 0.6) is 5.75 Å². The van der Waals surface area contributed by atoms with Crippen molar-refractivity contribution in [3.63, 3.8) is 0 Å². The molecule has 112 valence electrons. The first-order chi connectivity index (χ1) is 10.6. The lowest BCUT2D eigenvalue weighted by atomic mass is 10.1. The van der Waals surface area contributed by atoms with Crippen molar-refractivity contribution in [2.24, 2.45) is 0 Å². The van der Waals surface area contributed by atoms with E-state index in [1.807, 2.05) is 25.1 Å². The Balaban J connectivity index is 1.95. The number of para-hydroxylation sites is 1. The van der Waals surface area contributed by atoms with Gasteiger partial charge in [0.25, 0.3) is 5.91 Å². The number of carbonyl (C=O) groups excluding carboxylic acids is 1. The number of ether oxygens (including phenoxy) is 1. The van der Waals surface area contributed by atoms with E-state index in [1.54, 1.807) is 31.4 Å². The molecule has 0 saturated carbocycles. The largest absolute Gasteiger partial charge is 0.497 e. The van der Waals surface area contributed by atoms with Crippen LogP contribution >= 0.6 is 11.6 Å². The number of amides is 1. The molecule has 1 amide bonds. The van der Waals surface area contributed by atoms with Gasteiger partial charge >= 0.3 is 0 Å². The second-order valence-corrected chi connectivity index (χ2v) is 5.27. The first-order valence-corrected chi connectivity index (χ1v) is 7.11. The number of hydrogen-bond acceptors (Lipinski definition) is 3. The fourth-order valence-electron chi connectivity index (χ4n) is 2.31. The summed E-state index contributed by atoms with van der Waals surface area (Å²) in [4.78, 5) is 12.4. The highest BCUT2D eigenvalue weighted by Gasteiger charge is 2.19. The van der Waals surface area contributed by atoms with Crippen molar-refractivity contribution in [3.05, 3.63) is 58.8 Å². The highest BCUT2D eigenvalue weighted by atomic mass is 35.5. The van der Waals surface area contributed by atoms with Gasteiger partial charge in [-0.1, -0.05) is 29.8 Å². The van der Waals surface area contributed by atoms with Crippen LogP contribution in [-0.4, -0.2) is 13.0 Å². The van der Waals surface area contributed by atoms with Crippen LogP contribution in [0.3, 0.4) is 0 Å². The summed E-state index contributed by atoms with van der Waals surface area (Å²) < 4.78 is 10.8. The molecule has 3 aromatic rings. The maximum atomic E-state index is 12.4. The number of nitrogens with one attached hydrogen (secondary N) is 1. The molecule has 0 saturated heterocycles. The van der Waals surface area contributed by atoms with E-state index in [1.165, 1.54) is 0 Å². The molecule has 5 heteroatoms.